The highest BCUT2D eigenvalue weighted by Gasteiger charge is 2.34. The van der Waals surface area contributed by atoms with E-state index < -0.39 is 38.9 Å². The summed E-state index contributed by atoms with van der Waals surface area (Å²) in [5, 5.41) is 0. The van der Waals surface area contributed by atoms with Gasteiger partial charge < -0.3 is 0 Å². The van der Waals surface area contributed by atoms with Gasteiger partial charge in [0.2, 0.25) is 0 Å². The summed E-state index contributed by atoms with van der Waals surface area (Å²) in [6.07, 6.45) is 10.8. The maximum absolute atomic E-state index is 12.6. The third-order valence-corrected chi connectivity index (χ3v) is 7.17. The van der Waals surface area contributed by atoms with E-state index in [2.05, 4.69) is 11.8 Å². The van der Waals surface area contributed by atoms with E-state index in [1.807, 2.05) is 13.8 Å². The van der Waals surface area contributed by atoms with Crippen LogP contribution in [0.2, 0.25) is 0 Å². The van der Waals surface area contributed by atoms with Gasteiger partial charge in [-0.15, -0.1) is 24.7 Å². The van der Waals surface area contributed by atoms with Gasteiger partial charge in [0.15, 0.2) is 0 Å². The van der Waals surface area contributed by atoms with Gasteiger partial charge in [-0.05, 0) is 38.1 Å². The van der Waals surface area contributed by atoms with Gasteiger partial charge >= 0.3 is 0 Å². The van der Waals surface area contributed by atoms with E-state index in [9.17, 15) is 16.8 Å². The molecule has 0 bridgehead atoms. The second-order valence-corrected chi connectivity index (χ2v) is 10.6. The Labute approximate surface area is 184 Å². The average Bonchev–Trinajstić information content (AvgIpc) is 2.72. The van der Waals surface area contributed by atoms with Crippen LogP contribution in [0.15, 0.2) is 58.3 Å². The fourth-order valence-corrected chi connectivity index (χ4v) is 4.71. The lowest BCUT2D eigenvalue weighted by molar-refractivity contribution is 0.0930. The van der Waals surface area contributed by atoms with Gasteiger partial charge in [-0.1, -0.05) is 35.4 Å². The molecule has 8 heteroatoms. The largest absolute Gasteiger partial charge is 0.296 e. The van der Waals surface area contributed by atoms with Crippen LogP contribution in [-0.4, -0.2) is 30.0 Å². The van der Waals surface area contributed by atoms with Crippen LogP contribution in [0.25, 0.3) is 0 Å². The molecule has 0 atom stereocenters. The molecule has 0 aliphatic rings. The van der Waals surface area contributed by atoms with Crippen LogP contribution in [0, 0.1) is 44.0 Å². The molecule has 0 heterocycles. The minimum Gasteiger partial charge on any atom is -0.266 e. The Bertz CT molecular complexity index is 1080. The quantitative estimate of drug-likeness (QED) is 0.399. The first kappa shape index (κ1) is 24.6. The Morgan fingerprint density at radius 1 is 0.710 bits per heavy atom. The van der Waals surface area contributed by atoms with E-state index in [0.717, 1.165) is 11.1 Å². The lowest BCUT2D eigenvalue weighted by Gasteiger charge is -2.29. The Kier molecular flexibility index (Phi) is 8.05. The van der Waals surface area contributed by atoms with Crippen LogP contribution in [0.4, 0.5) is 0 Å². The van der Waals surface area contributed by atoms with Crippen molar-refractivity contribution in [2.75, 3.05) is 13.2 Å². The van der Waals surface area contributed by atoms with Gasteiger partial charge in [0.25, 0.3) is 20.2 Å². The second kappa shape index (κ2) is 10.1. The SMILES string of the molecule is C#CCC(CC#C)(COS(=O)(=O)c1ccc(C)cc1)COS(=O)(=O)c1ccc(C)cc1. The molecule has 0 aromatic heterocycles. The molecular formula is C23H24O6S2. The fraction of sp³-hybridized carbons (Fsp3) is 0.304. The summed E-state index contributed by atoms with van der Waals surface area (Å²) in [5.74, 6) is 4.83. The molecule has 6 nitrogen and oxygen atoms in total. The normalized spacial score (nSPS) is 12.1. The van der Waals surface area contributed by atoms with E-state index in [1.165, 1.54) is 24.3 Å². The Morgan fingerprint density at radius 2 is 1.03 bits per heavy atom. The molecule has 0 radical (unpaired) electrons. The first-order chi connectivity index (χ1) is 14.5. The molecule has 0 amide bonds. The predicted octanol–water partition coefficient (Wildman–Crippen LogP) is 3.45. The summed E-state index contributed by atoms with van der Waals surface area (Å²) >= 11 is 0. The third-order valence-electron chi connectivity index (χ3n) is 4.61. The minimum absolute atomic E-state index is 0.0263. The number of aryl methyl sites for hydroxylation is 2. The van der Waals surface area contributed by atoms with Crippen LogP contribution < -0.4 is 0 Å². The summed E-state index contributed by atoms with van der Waals surface area (Å²) in [6.45, 7) is 2.80. The zero-order valence-corrected chi connectivity index (χ0v) is 19.0. The van der Waals surface area contributed by atoms with Crippen molar-refractivity contribution in [1.82, 2.24) is 0 Å². The molecule has 0 aliphatic heterocycles. The molecule has 0 fully saturated rings. The molecule has 0 spiro atoms. The third kappa shape index (κ3) is 6.68. The van der Waals surface area contributed by atoms with Gasteiger partial charge in [-0.2, -0.15) is 16.8 Å². The van der Waals surface area contributed by atoms with Crippen molar-refractivity contribution in [3.8, 4) is 24.7 Å². The number of hydrogen-bond donors (Lipinski definition) is 0. The highest BCUT2D eigenvalue weighted by Crippen LogP contribution is 2.30. The molecule has 2 aromatic rings. The van der Waals surface area contributed by atoms with Crippen LogP contribution in [0.3, 0.4) is 0 Å². The molecule has 0 unspecified atom stereocenters. The monoisotopic (exact) mass is 460 g/mol. The van der Waals surface area contributed by atoms with E-state index in [4.69, 9.17) is 21.2 Å². The van der Waals surface area contributed by atoms with E-state index in [-0.39, 0.29) is 22.6 Å². The second-order valence-electron chi connectivity index (χ2n) is 7.32. The van der Waals surface area contributed by atoms with Crippen LogP contribution in [-0.2, 0) is 28.6 Å². The van der Waals surface area contributed by atoms with Crippen molar-refractivity contribution >= 4 is 20.2 Å². The average molecular weight is 461 g/mol. The van der Waals surface area contributed by atoms with Gasteiger partial charge in [0.05, 0.1) is 23.0 Å². The molecule has 2 rings (SSSR count). The van der Waals surface area contributed by atoms with E-state index in [0.29, 0.717) is 0 Å². The molecule has 0 saturated heterocycles. The summed E-state index contributed by atoms with van der Waals surface area (Å²) < 4.78 is 60.7. The molecule has 0 aliphatic carbocycles. The molecule has 2 aromatic carbocycles. The van der Waals surface area contributed by atoms with Crippen molar-refractivity contribution in [3.63, 3.8) is 0 Å². The van der Waals surface area contributed by atoms with Gasteiger partial charge in [-0.3, -0.25) is 8.37 Å². The molecule has 0 N–H and O–H groups in total. The van der Waals surface area contributed by atoms with Crippen LogP contribution >= 0.6 is 0 Å². The first-order valence-electron chi connectivity index (χ1n) is 9.33. The minimum atomic E-state index is -4.10. The van der Waals surface area contributed by atoms with E-state index in [1.54, 1.807) is 24.3 Å². The maximum atomic E-state index is 12.6. The zero-order chi connectivity index (χ0) is 23.1. The van der Waals surface area contributed by atoms with Gasteiger partial charge in [0.1, 0.15) is 0 Å². The summed E-state index contributed by atoms with van der Waals surface area (Å²) in [5.41, 5.74) is 0.573. The highest BCUT2D eigenvalue weighted by atomic mass is 32.2. The van der Waals surface area contributed by atoms with Crippen LogP contribution in [0.1, 0.15) is 24.0 Å². The van der Waals surface area contributed by atoms with Gasteiger partial charge in [0, 0.05) is 18.3 Å². The smallest absolute Gasteiger partial charge is 0.266 e. The Balaban J connectivity index is 2.23. The number of rotatable bonds is 10. The molecule has 164 valence electrons. The molecular weight excluding hydrogens is 436 g/mol. The number of terminal acetylenes is 2. The summed E-state index contributed by atoms with van der Waals surface area (Å²) in [7, 11) is -8.20. The number of hydrogen-bond acceptors (Lipinski definition) is 6. The van der Waals surface area contributed by atoms with E-state index >= 15 is 0 Å². The Hall–Kier alpha value is -2.62. The van der Waals surface area contributed by atoms with Crippen molar-refractivity contribution < 1.29 is 25.2 Å². The summed E-state index contributed by atoms with van der Waals surface area (Å²) in [4.78, 5) is -0.0526. The maximum Gasteiger partial charge on any atom is 0.296 e. The molecule has 0 saturated carbocycles. The standard InChI is InChI=1S/C23H24O6S2/c1-5-15-23(16-6-2,17-28-30(24,25)21-11-7-19(3)8-12-21)18-29-31(26,27)22-13-9-20(4)10-14-22/h1-2,7-14H,15-18H2,3-4H3. The topological polar surface area (TPSA) is 86.7 Å². The van der Waals surface area contributed by atoms with Crippen LogP contribution in [0.5, 0.6) is 0 Å². The highest BCUT2D eigenvalue weighted by molar-refractivity contribution is 7.87. The fourth-order valence-electron chi connectivity index (χ4n) is 2.69. The lowest BCUT2D eigenvalue weighted by Crippen LogP contribution is -2.34. The van der Waals surface area contributed by atoms with Crippen molar-refractivity contribution in [2.45, 2.75) is 36.5 Å². The number of benzene rings is 2. The predicted molar refractivity (Wildman–Crippen MR) is 118 cm³/mol. The first-order valence-corrected chi connectivity index (χ1v) is 12.1. The molecule has 31 heavy (non-hydrogen) atoms. The van der Waals surface area contributed by atoms with Gasteiger partial charge in [-0.25, -0.2) is 0 Å². The van der Waals surface area contributed by atoms with Crippen molar-refractivity contribution in [2.24, 2.45) is 5.41 Å². The van der Waals surface area contributed by atoms with Crippen molar-refractivity contribution in [3.05, 3.63) is 59.7 Å². The van der Waals surface area contributed by atoms with Crippen molar-refractivity contribution in [1.29, 1.82) is 0 Å². The Morgan fingerprint density at radius 3 is 1.32 bits per heavy atom. The zero-order valence-electron chi connectivity index (χ0n) is 17.4. The summed E-state index contributed by atoms with van der Waals surface area (Å²) in [6, 6.07) is 12.3. The lowest BCUT2D eigenvalue weighted by atomic mass is 9.83.